The number of carbonyl (C=O) groups is 1. The van der Waals surface area contributed by atoms with Crippen molar-refractivity contribution in [3.8, 4) is 0 Å². The van der Waals surface area contributed by atoms with Crippen LogP contribution in [-0.2, 0) is 4.79 Å². The summed E-state index contributed by atoms with van der Waals surface area (Å²) in [4.78, 5) is 10.3. The van der Waals surface area contributed by atoms with Crippen LogP contribution < -0.4 is 0 Å². The van der Waals surface area contributed by atoms with Gasteiger partial charge in [0.2, 0.25) is 0 Å². The Morgan fingerprint density at radius 1 is 1.36 bits per heavy atom. The van der Waals surface area contributed by atoms with Gasteiger partial charge in [-0.2, -0.15) is 0 Å². The molecule has 1 nitrogen and oxygen atoms in total. The first-order valence-corrected chi connectivity index (χ1v) is 5.80. The summed E-state index contributed by atoms with van der Waals surface area (Å²) in [6, 6.07) is 0. The van der Waals surface area contributed by atoms with E-state index in [0.717, 1.165) is 24.5 Å². The average molecular weight is 192 g/mol. The molecule has 0 spiro atoms. The minimum absolute atomic E-state index is 0.422. The summed E-state index contributed by atoms with van der Waals surface area (Å²) >= 11 is 0. The zero-order chi connectivity index (χ0) is 10.2. The summed E-state index contributed by atoms with van der Waals surface area (Å²) in [5.41, 5.74) is 2.07. The fraction of sp³-hybridized carbons (Fsp3) is 0.769. The number of hydrogen-bond donors (Lipinski definition) is 0. The van der Waals surface area contributed by atoms with Gasteiger partial charge in [0.05, 0.1) is 0 Å². The summed E-state index contributed by atoms with van der Waals surface area (Å²) in [7, 11) is 0. The lowest BCUT2D eigenvalue weighted by Gasteiger charge is -2.32. The third kappa shape index (κ3) is 1.43. The van der Waals surface area contributed by atoms with Crippen molar-refractivity contribution in [2.75, 3.05) is 0 Å². The Hall–Kier alpha value is -0.590. The lowest BCUT2D eigenvalue weighted by atomic mass is 9.72. The van der Waals surface area contributed by atoms with Gasteiger partial charge in [0.25, 0.3) is 0 Å². The molecule has 0 amide bonds. The van der Waals surface area contributed by atoms with Gasteiger partial charge in [-0.15, -0.1) is 0 Å². The maximum absolute atomic E-state index is 10.3. The number of hydrogen-bond acceptors (Lipinski definition) is 1. The molecule has 0 aromatic carbocycles. The zero-order valence-electron chi connectivity index (χ0n) is 9.25. The Bertz CT molecular complexity index is 262. The predicted molar refractivity (Wildman–Crippen MR) is 58.0 cm³/mol. The van der Waals surface area contributed by atoms with E-state index in [-0.39, 0.29) is 0 Å². The van der Waals surface area contributed by atoms with E-state index in [1.165, 1.54) is 19.3 Å². The smallest absolute Gasteiger partial charge is 0.120 e. The van der Waals surface area contributed by atoms with E-state index in [1.807, 2.05) is 0 Å². The van der Waals surface area contributed by atoms with E-state index in [0.29, 0.717) is 11.8 Å². The number of fused-ring (bicyclic) bond motifs is 2. The number of carbonyl (C=O) groups excluding carboxylic acids is 1. The largest absolute Gasteiger partial charge is 0.303 e. The summed E-state index contributed by atoms with van der Waals surface area (Å²) in [6.45, 7) is 4.76. The maximum Gasteiger partial charge on any atom is 0.120 e. The molecule has 0 aliphatic heterocycles. The van der Waals surface area contributed by atoms with Crippen molar-refractivity contribution in [1.29, 1.82) is 0 Å². The molecule has 2 atom stereocenters. The lowest BCUT2D eigenvalue weighted by Crippen LogP contribution is -2.22. The topological polar surface area (TPSA) is 17.1 Å². The molecule has 2 unspecified atom stereocenters. The Balaban J connectivity index is 2.10. The van der Waals surface area contributed by atoms with Gasteiger partial charge >= 0.3 is 0 Å². The van der Waals surface area contributed by atoms with Crippen LogP contribution >= 0.6 is 0 Å². The van der Waals surface area contributed by atoms with Crippen LogP contribution in [0.1, 0.15) is 46.0 Å². The predicted octanol–water partition coefficient (Wildman–Crippen LogP) is 3.35. The van der Waals surface area contributed by atoms with Crippen molar-refractivity contribution in [3.05, 3.63) is 11.6 Å². The standard InChI is InChI=1S/C13H20O/c1-13(2)11-7-6-10(9-11)12(13)5-3-4-8-14/h5,8,10-11H,3-4,6-7,9H2,1-2H3/b12-5-. The number of aldehydes is 1. The van der Waals surface area contributed by atoms with Crippen LogP contribution in [-0.4, -0.2) is 6.29 Å². The van der Waals surface area contributed by atoms with Crippen LogP contribution in [0.25, 0.3) is 0 Å². The molecule has 0 aromatic heterocycles. The monoisotopic (exact) mass is 192 g/mol. The normalized spacial score (nSPS) is 36.6. The van der Waals surface area contributed by atoms with E-state index < -0.39 is 0 Å². The average Bonchev–Trinajstić information content (AvgIpc) is 2.67. The highest BCUT2D eigenvalue weighted by molar-refractivity contribution is 5.49. The van der Waals surface area contributed by atoms with E-state index in [2.05, 4.69) is 19.9 Å². The molecular weight excluding hydrogens is 172 g/mol. The minimum Gasteiger partial charge on any atom is -0.303 e. The van der Waals surface area contributed by atoms with E-state index in [1.54, 1.807) is 5.57 Å². The van der Waals surface area contributed by atoms with Gasteiger partial charge in [0.1, 0.15) is 6.29 Å². The molecule has 2 aliphatic carbocycles. The van der Waals surface area contributed by atoms with Crippen LogP contribution in [0.2, 0.25) is 0 Å². The van der Waals surface area contributed by atoms with Gasteiger partial charge in [0.15, 0.2) is 0 Å². The second kappa shape index (κ2) is 3.52. The van der Waals surface area contributed by atoms with Gasteiger partial charge in [-0.05, 0) is 42.9 Å². The molecule has 2 fully saturated rings. The fourth-order valence-corrected chi connectivity index (χ4v) is 3.42. The van der Waals surface area contributed by atoms with Gasteiger partial charge < -0.3 is 4.79 Å². The SMILES string of the molecule is CC1(C)/C(=C\CCC=O)C2CCC1C2. The van der Waals surface area contributed by atoms with Gasteiger partial charge in [0, 0.05) is 6.42 Å². The molecule has 2 saturated carbocycles. The fourth-order valence-electron chi connectivity index (χ4n) is 3.42. The summed E-state index contributed by atoms with van der Waals surface area (Å²) in [5, 5.41) is 0. The number of allylic oxidation sites excluding steroid dienone is 2. The van der Waals surface area contributed by atoms with Crippen LogP contribution in [0.4, 0.5) is 0 Å². The molecule has 2 rings (SSSR count). The Morgan fingerprint density at radius 3 is 2.71 bits per heavy atom. The molecule has 0 radical (unpaired) electrons. The third-order valence-electron chi connectivity index (χ3n) is 4.29. The quantitative estimate of drug-likeness (QED) is 0.381. The summed E-state index contributed by atoms with van der Waals surface area (Å²) in [5.74, 6) is 1.76. The minimum atomic E-state index is 0.422. The number of unbranched alkanes of at least 4 members (excludes halogenated alkanes) is 1. The molecule has 0 heterocycles. The summed E-state index contributed by atoms with van der Waals surface area (Å²) < 4.78 is 0. The van der Waals surface area contributed by atoms with E-state index in [9.17, 15) is 4.79 Å². The first-order chi connectivity index (χ1) is 6.66. The first kappa shape index (κ1) is 9.95. The highest BCUT2D eigenvalue weighted by Gasteiger charge is 2.48. The molecular formula is C13H20O. The Morgan fingerprint density at radius 2 is 2.14 bits per heavy atom. The van der Waals surface area contributed by atoms with Gasteiger partial charge in [-0.1, -0.05) is 25.5 Å². The van der Waals surface area contributed by atoms with Crippen molar-refractivity contribution in [3.63, 3.8) is 0 Å². The molecule has 1 heteroatoms. The van der Waals surface area contributed by atoms with Crippen molar-refractivity contribution < 1.29 is 4.79 Å². The third-order valence-corrected chi connectivity index (χ3v) is 4.29. The molecule has 2 aliphatic rings. The van der Waals surface area contributed by atoms with Crippen LogP contribution in [0.15, 0.2) is 11.6 Å². The second-order valence-corrected chi connectivity index (χ2v) is 5.33. The lowest BCUT2D eigenvalue weighted by molar-refractivity contribution is -0.107. The molecule has 0 saturated heterocycles. The molecule has 78 valence electrons. The second-order valence-electron chi connectivity index (χ2n) is 5.33. The molecule has 0 N–H and O–H groups in total. The highest BCUT2D eigenvalue weighted by Crippen LogP contribution is 2.58. The molecule has 14 heavy (non-hydrogen) atoms. The van der Waals surface area contributed by atoms with Crippen molar-refractivity contribution >= 4 is 6.29 Å². The van der Waals surface area contributed by atoms with Crippen molar-refractivity contribution in [1.82, 2.24) is 0 Å². The Labute approximate surface area is 86.6 Å². The van der Waals surface area contributed by atoms with Crippen LogP contribution in [0.3, 0.4) is 0 Å². The molecule has 2 bridgehead atoms. The van der Waals surface area contributed by atoms with Crippen LogP contribution in [0, 0.1) is 17.3 Å². The zero-order valence-corrected chi connectivity index (χ0v) is 9.25. The van der Waals surface area contributed by atoms with Gasteiger partial charge in [-0.3, -0.25) is 0 Å². The Kier molecular flexibility index (Phi) is 2.50. The summed E-state index contributed by atoms with van der Waals surface area (Å²) in [6.07, 6.45) is 9.22. The number of rotatable bonds is 3. The first-order valence-electron chi connectivity index (χ1n) is 5.80. The maximum atomic E-state index is 10.3. The van der Waals surface area contributed by atoms with Crippen LogP contribution in [0.5, 0.6) is 0 Å². The van der Waals surface area contributed by atoms with Crippen molar-refractivity contribution in [2.24, 2.45) is 17.3 Å². The highest BCUT2D eigenvalue weighted by atomic mass is 16.1. The molecule has 0 aromatic rings. The van der Waals surface area contributed by atoms with Crippen molar-refractivity contribution in [2.45, 2.75) is 46.0 Å². The van der Waals surface area contributed by atoms with Gasteiger partial charge in [-0.25, -0.2) is 0 Å². The van der Waals surface area contributed by atoms with E-state index in [4.69, 9.17) is 0 Å². The van der Waals surface area contributed by atoms with E-state index >= 15 is 0 Å².